The number of alkyl halides is 2. The van der Waals surface area contributed by atoms with Crippen LogP contribution in [0.5, 0.6) is 11.6 Å². The lowest BCUT2D eigenvalue weighted by Crippen LogP contribution is -2.60. The van der Waals surface area contributed by atoms with E-state index in [1.54, 1.807) is 19.2 Å². The number of alkyl carbamates (subject to hydrolysis) is 1. The summed E-state index contributed by atoms with van der Waals surface area (Å²) in [5, 5.41) is 5.39. The molecule has 4 aliphatic carbocycles. The third-order valence-corrected chi connectivity index (χ3v) is 15.9. The Hall–Kier alpha value is -4.35. The lowest BCUT2D eigenvalue weighted by molar-refractivity contribution is -0.143. The quantitative estimate of drug-likeness (QED) is 0.321. The molecule has 1 aromatic heterocycles. The summed E-state index contributed by atoms with van der Waals surface area (Å²) in [4.78, 5) is 68.0. The van der Waals surface area contributed by atoms with E-state index in [1.807, 2.05) is 17.7 Å². The SMILES string of the molecule is CCC1C2CN(C(=O)C(C3CCCC3)NC(=O)OC3CC3CCCCCc3nc4ccc(OC)cc4nc3O2)C1C(=O)NC1(C(=O)NS(=O)(=O)C2(C)CC2)CC1C(F)F. The molecule has 4 saturated carbocycles. The molecule has 3 heterocycles. The maximum absolute atomic E-state index is 15.0. The van der Waals surface area contributed by atoms with Gasteiger partial charge in [0, 0.05) is 12.0 Å². The fraction of sp³-hybridized carbons (Fsp3) is 0.707. The highest BCUT2D eigenvalue weighted by Crippen LogP contribution is 2.50. The van der Waals surface area contributed by atoms with Crippen molar-refractivity contribution in [3.8, 4) is 11.6 Å². The van der Waals surface area contributed by atoms with Gasteiger partial charge in [-0.05, 0) is 95.1 Å². The van der Waals surface area contributed by atoms with Crippen LogP contribution >= 0.6 is 0 Å². The molecule has 2 bridgehead atoms. The number of sulfonamides is 1. The molecule has 2 aromatic rings. The Balaban J connectivity index is 1.16. The molecule has 3 N–H and O–H groups in total. The van der Waals surface area contributed by atoms with Crippen LogP contribution in [0.2, 0.25) is 0 Å². The average Bonchev–Trinajstić information content (AvgIpc) is 4.15. The second-order valence-corrected chi connectivity index (χ2v) is 19.9. The minimum Gasteiger partial charge on any atom is -0.497 e. The fourth-order valence-corrected chi connectivity index (χ4v) is 10.8. The highest BCUT2D eigenvalue weighted by molar-refractivity contribution is 7.91. The Morgan fingerprint density at radius 3 is 2.42 bits per heavy atom. The average molecular weight is 845 g/mol. The number of rotatable bonds is 9. The molecule has 2 aliphatic heterocycles. The first kappa shape index (κ1) is 41.4. The summed E-state index contributed by atoms with van der Waals surface area (Å²) in [7, 11) is -2.69. The van der Waals surface area contributed by atoms with Gasteiger partial charge in [-0.25, -0.2) is 32.0 Å². The van der Waals surface area contributed by atoms with Gasteiger partial charge in [-0.3, -0.25) is 19.1 Å². The molecule has 59 heavy (non-hydrogen) atoms. The number of nitrogens with zero attached hydrogens (tertiary/aromatic N) is 3. The van der Waals surface area contributed by atoms with Crippen LogP contribution in [-0.4, -0.2) is 102 Å². The first-order chi connectivity index (χ1) is 28.2. The molecule has 4 amide bonds. The van der Waals surface area contributed by atoms with Gasteiger partial charge in [0.2, 0.25) is 34.1 Å². The minimum atomic E-state index is -4.24. The molecule has 1 saturated heterocycles. The fourth-order valence-electron chi connectivity index (χ4n) is 9.45. The number of fused-ring (bicyclic) bond motifs is 5. The van der Waals surface area contributed by atoms with E-state index >= 15 is 0 Å². The number of hydrogen-bond donors (Lipinski definition) is 3. The number of nitrogens with one attached hydrogen (secondary N) is 3. The van der Waals surface area contributed by atoms with E-state index in [2.05, 4.69) is 10.6 Å². The van der Waals surface area contributed by atoms with E-state index < -0.39 is 87.0 Å². The maximum atomic E-state index is 15.0. The molecule has 18 heteroatoms. The second kappa shape index (κ2) is 15.9. The number of aryl methyl sites for hydroxylation is 1. The van der Waals surface area contributed by atoms with Crippen molar-refractivity contribution < 1.29 is 50.6 Å². The van der Waals surface area contributed by atoms with Gasteiger partial charge in [-0.2, -0.15) is 0 Å². The zero-order valence-corrected chi connectivity index (χ0v) is 34.5. The number of methoxy groups -OCH3 is 1. The number of carbonyl (C=O) groups is 4. The number of amides is 4. The van der Waals surface area contributed by atoms with Gasteiger partial charge in [-0.1, -0.05) is 32.6 Å². The third kappa shape index (κ3) is 8.13. The molecule has 5 fully saturated rings. The Kier molecular flexibility index (Phi) is 11.2. The van der Waals surface area contributed by atoms with Crippen LogP contribution in [0.25, 0.3) is 11.0 Å². The standard InChI is InChI=1S/C41H54F2N6O9S/c1-4-25-31-21-49(33(25)35(50)47-41(20-26(41)34(42)43)38(52)48-59(54,55)40(2)16-17-40)37(51)32(22-10-8-9-11-22)46-39(53)58-30-18-23(30)12-6-5-7-13-28-36(57-31)45-29-19-24(56-3)14-15-27(29)44-28/h14-15,19,22-23,25-26,30-34H,4-13,16-18,20-21H2,1-3H3,(H,46,53)(H,47,50)(H,48,52). The van der Waals surface area contributed by atoms with E-state index in [0.29, 0.717) is 54.6 Å². The van der Waals surface area contributed by atoms with E-state index in [0.717, 1.165) is 44.9 Å². The predicted octanol–water partition coefficient (Wildman–Crippen LogP) is 4.55. The zero-order chi connectivity index (χ0) is 41.9. The van der Waals surface area contributed by atoms with Crippen molar-refractivity contribution in [2.75, 3.05) is 13.7 Å². The largest absolute Gasteiger partial charge is 0.497 e. The molecule has 8 unspecified atom stereocenters. The van der Waals surface area contributed by atoms with Gasteiger partial charge in [0.05, 0.1) is 35.4 Å². The summed E-state index contributed by atoms with van der Waals surface area (Å²) in [5.74, 6) is -4.36. The van der Waals surface area contributed by atoms with E-state index in [-0.39, 0.29) is 36.8 Å². The van der Waals surface area contributed by atoms with Crippen LogP contribution in [-0.2, 0) is 35.6 Å². The normalized spacial score (nSPS) is 32.1. The molecule has 15 nitrogen and oxygen atoms in total. The summed E-state index contributed by atoms with van der Waals surface area (Å²) in [6.07, 6.45) is 3.22. The number of halogens is 2. The number of aromatic nitrogens is 2. The van der Waals surface area contributed by atoms with Crippen LogP contribution in [0.15, 0.2) is 18.2 Å². The molecular formula is C41H54F2N6O9S. The highest BCUT2D eigenvalue weighted by Gasteiger charge is 2.68. The van der Waals surface area contributed by atoms with Crippen molar-refractivity contribution >= 4 is 44.9 Å². The molecular weight excluding hydrogens is 791 g/mol. The lowest BCUT2D eigenvalue weighted by Gasteiger charge is -2.33. The molecule has 0 spiro atoms. The molecule has 8 atom stereocenters. The zero-order valence-electron chi connectivity index (χ0n) is 33.7. The summed E-state index contributed by atoms with van der Waals surface area (Å²) < 4.78 is 73.8. The molecule has 8 rings (SSSR count). The van der Waals surface area contributed by atoms with Crippen molar-refractivity contribution in [3.63, 3.8) is 0 Å². The van der Waals surface area contributed by atoms with E-state index in [1.165, 1.54) is 11.8 Å². The third-order valence-electron chi connectivity index (χ3n) is 13.7. The maximum Gasteiger partial charge on any atom is 0.408 e. The Morgan fingerprint density at radius 2 is 1.75 bits per heavy atom. The van der Waals surface area contributed by atoms with Gasteiger partial charge in [-0.15, -0.1) is 0 Å². The Morgan fingerprint density at radius 1 is 1.02 bits per heavy atom. The van der Waals surface area contributed by atoms with E-state index in [4.69, 9.17) is 24.2 Å². The van der Waals surface area contributed by atoms with Crippen LogP contribution < -0.4 is 24.8 Å². The Labute approximate surface area is 342 Å². The first-order valence-corrected chi connectivity index (χ1v) is 22.6. The van der Waals surface area contributed by atoms with Gasteiger partial charge in [0.1, 0.15) is 41.3 Å². The van der Waals surface area contributed by atoms with Crippen LogP contribution in [0, 0.1) is 23.7 Å². The number of hydrogen-bond acceptors (Lipinski definition) is 11. The van der Waals surface area contributed by atoms with Gasteiger partial charge >= 0.3 is 6.09 Å². The van der Waals surface area contributed by atoms with Crippen LogP contribution in [0.1, 0.15) is 103 Å². The van der Waals surface area contributed by atoms with E-state index in [9.17, 15) is 36.4 Å². The highest BCUT2D eigenvalue weighted by atomic mass is 32.2. The lowest BCUT2D eigenvalue weighted by atomic mass is 9.92. The van der Waals surface area contributed by atoms with Crippen LogP contribution in [0.3, 0.4) is 0 Å². The van der Waals surface area contributed by atoms with Crippen molar-refractivity contribution in [2.45, 2.75) is 145 Å². The number of carbonyl (C=O) groups excluding carboxylic acids is 4. The molecule has 0 radical (unpaired) electrons. The summed E-state index contributed by atoms with van der Waals surface area (Å²) in [6, 6.07) is 2.93. The number of benzene rings is 1. The van der Waals surface area contributed by atoms with Crippen LogP contribution in [0.4, 0.5) is 13.6 Å². The van der Waals surface area contributed by atoms with Gasteiger partial charge in [0.25, 0.3) is 5.91 Å². The smallest absolute Gasteiger partial charge is 0.408 e. The van der Waals surface area contributed by atoms with Gasteiger partial charge in [0.15, 0.2) is 0 Å². The molecule has 6 aliphatic rings. The number of ether oxygens (including phenoxy) is 3. The van der Waals surface area contributed by atoms with Crippen molar-refractivity contribution in [1.82, 2.24) is 30.2 Å². The summed E-state index contributed by atoms with van der Waals surface area (Å²) >= 11 is 0. The molecule has 322 valence electrons. The second-order valence-electron chi connectivity index (χ2n) is 17.7. The van der Waals surface area contributed by atoms with Crippen molar-refractivity contribution in [3.05, 3.63) is 23.9 Å². The predicted molar refractivity (Wildman–Crippen MR) is 209 cm³/mol. The topological polar surface area (TPSA) is 195 Å². The van der Waals surface area contributed by atoms with Crippen molar-refractivity contribution in [1.29, 1.82) is 0 Å². The summed E-state index contributed by atoms with van der Waals surface area (Å²) in [5.41, 5.74) is -0.481. The summed E-state index contributed by atoms with van der Waals surface area (Å²) in [6.45, 7) is 3.13. The van der Waals surface area contributed by atoms with Gasteiger partial charge < -0.3 is 29.7 Å². The molecule has 1 aromatic carbocycles. The minimum absolute atomic E-state index is 0.137. The van der Waals surface area contributed by atoms with Crippen molar-refractivity contribution in [2.24, 2.45) is 23.7 Å². The monoisotopic (exact) mass is 844 g/mol. The first-order valence-electron chi connectivity index (χ1n) is 21.1. The Bertz CT molecular complexity index is 2100.